The van der Waals surface area contributed by atoms with Crippen LogP contribution in [0.2, 0.25) is 0 Å². The van der Waals surface area contributed by atoms with Crippen molar-refractivity contribution >= 4 is 12.2 Å². The second-order valence-corrected chi connectivity index (χ2v) is 10.4. The van der Waals surface area contributed by atoms with Gasteiger partial charge in [-0.3, -0.25) is 4.98 Å². The van der Waals surface area contributed by atoms with Crippen LogP contribution in [0, 0.1) is 6.92 Å². The monoisotopic (exact) mass is 529 g/mol. The summed E-state index contributed by atoms with van der Waals surface area (Å²) in [5.74, 6) is 0. The molecule has 5 nitrogen and oxygen atoms in total. The fourth-order valence-electron chi connectivity index (χ4n) is 5.11. The van der Waals surface area contributed by atoms with Gasteiger partial charge in [0.1, 0.15) is 5.69 Å². The lowest BCUT2D eigenvalue weighted by molar-refractivity contribution is 0.600. The van der Waals surface area contributed by atoms with Crippen molar-refractivity contribution in [3.8, 4) is 22.6 Å². The summed E-state index contributed by atoms with van der Waals surface area (Å²) in [4.78, 5) is 4.79. The molecule has 1 aliphatic carbocycles. The number of aromatic nitrogens is 4. The third-order valence-corrected chi connectivity index (χ3v) is 7.19. The second kappa shape index (κ2) is 13.8. The normalized spacial score (nSPS) is 14.2. The molecule has 2 heterocycles. The van der Waals surface area contributed by atoms with Crippen molar-refractivity contribution in [2.75, 3.05) is 13.1 Å². The van der Waals surface area contributed by atoms with E-state index in [1.165, 1.54) is 47.3 Å². The summed E-state index contributed by atoms with van der Waals surface area (Å²) in [7, 11) is 0. The maximum atomic E-state index is 4.79. The van der Waals surface area contributed by atoms with Gasteiger partial charge in [-0.15, -0.1) is 5.10 Å². The number of hydrogen-bond acceptors (Lipinski definition) is 4. The van der Waals surface area contributed by atoms with Crippen LogP contribution >= 0.6 is 0 Å². The fraction of sp³-hybridized carbons (Fsp3) is 0.286. The van der Waals surface area contributed by atoms with Crippen LogP contribution in [0.15, 0.2) is 90.5 Å². The molecule has 4 aromatic rings. The topological polar surface area (TPSA) is 55.6 Å². The molecule has 0 saturated carbocycles. The van der Waals surface area contributed by atoms with Crippen LogP contribution < -0.4 is 15.8 Å². The largest absolute Gasteiger partial charge is 0.317 e. The summed E-state index contributed by atoms with van der Waals surface area (Å²) in [5.41, 5.74) is 7.24. The molecule has 2 aromatic heterocycles. The summed E-state index contributed by atoms with van der Waals surface area (Å²) in [6.45, 7) is 7.09. The van der Waals surface area contributed by atoms with Gasteiger partial charge in [0.05, 0.1) is 17.9 Å². The van der Waals surface area contributed by atoms with Crippen LogP contribution in [0.3, 0.4) is 0 Å². The van der Waals surface area contributed by atoms with Gasteiger partial charge in [0.15, 0.2) is 0 Å². The predicted octanol–water partition coefficient (Wildman–Crippen LogP) is 5.98. The minimum absolute atomic E-state index is 0.642. The first-order valence-electron chi connectivity index (χ1n) is 14.5. The van der Waals surface area contributed by atoms with E-state index < -0.39 is 0 Å². The predicted molar refractivity (Wildman–Crippen MR) is 166 cm³/mol. The Labute approximate surface area is 237 Å². The molecule has 0 spiro atoms. The molecule has 1 N–H and O–H groups in total. The van der Waals surface area contributed by atoms with Crippen molar-refractivity contribution < 1.29 is 0 Å². The molecule has 1 aliphatic rings. The molecule has 0 unspecified atom stereocenters. The Morgan fingerprint density at radius 3 is 2.55 bits per heavy atom. The molecule has 0 atom stereocenters. The van der Waals surface area contributed by atoms with Crippen molar-refractivity contribution in [2.24, 2.45) is 0 Å². The number of rotatable bonds is 12. The SMILES string of the molecule is CCCNCCCCCC1=C/C=C/C=c2\ccc(-c3c(-c4cccc(C)n4)nnn3Cc3ccccc3)cc2=C1. The molecular weight excluding hydrogens is 490 g/mol. The quantitative estimate of drug-likeness (QED) is 0.229. The molecule has 0 aliphatic heterocycles. The zero-order valence-corrected chi connectivity index (χ0v) is 23.7. The second-order valence-electron chi connectivity index (χ2n) is 10.4. The van der Waals surface area contributed by atoms with Crippen LogP contribution in [0.25, 0.3) is 34.8 Å². The number of fused-ring (bicyclic) bond motifs is 1. The number of benzene rings is 2. The number of pyridine rings is 1. The first kappa shape index (κ1) is 27.5. The van der Waals surface area contributed by atoms with E-state index in [4.69, 9.17) is 4.98 Å². The average Bonchev–Trinajstić information content (AvgIpc) is 3.37. The van der Waals surface area contributed by atoms with Crippen LogP contribution in [-0.2, 0) is 6.54 Å². The Morgan fingerprint density at radius 1 is 0.825 bits per heavy atom. The maximum absolute atomic E-state index is 4.79. The zero-order valence-electron chi connectivity index (χ0n) is 23.7. The van der Waals surface area contributed by atoms with Gasteiger partial charge in [-0.25, -0.2) is 4.68 Å². The van der Waals surface area contributed by atoms with E-state index in [0.717, 1.165) is 47.8 Å². The smallest absolute Gasteiger partial charge is 0.139 e. The molecular formula is C35H39N5. The molecule has 5 rings (SSSR count). The van der Waals surface area contributed by atoms with Gasteiger partial charge in [0, 0.05) is 11.3 Å². The highest BCUT2D eigenvalue weighted by molar-refractivity contribution is 5.77. The van der Waals surface area contributed by atoms with E-state index >= 15 is 0 Å². The molecule has 5 heteroatoms. The number of nitrogens with zero attached hydrogens (tertiary/aromatic N) is 4. The van der Waals surface area contributed by atoms with Gasteiger partial charge in [-0.2, -0.15) is 0 Å². The molecule has 2 aromatic carbocycles. The summed E-state index contributed by atoms with van der Waals surface area (Å²) in [6, 6.07) is 23.2. The van der Waals surface area contributed by atoms with E-state index in [-0.39, 0.29) is 0 Å². The van der Waals surface area contributed by atoms with Gasteiger partial charge in [0.2, 0.25) is 0 Å². The first-order chi connectivity index (χ1) is 19.7. The lowest BCUT2D eigenvalue weighted by Gasteiger charge is -2.10. The average molecular weight is 530 g/mol. The summed E-state index contributed by atoms with van der Waals surface area (Å²) in [5, 5.41) is 15.2. The minimum Gasteiger partial charge on any atom is -0.317 e. The first-order valence-corrected chi connectivity index (χ1v) is 14.5. The van der Waals surface area contributed by atoms with Gasteiger partial charge in [-0.1, -0.05) is 97.5 Å². The lowest BCUT2D eigenvalue weighted by atomic mass is 10.0. The Balaban J connectivity index is 1.48. The molecule has 0 bridgehead atoms. The summed E-state index contributed by atoms with van der Waals surface area (Å²) >= 11 is 0. The van der Waals surface area contributed by atoms with Crippen LogP contribution in [0.5, 0.6) is 0 Å². The minimum atomic E-state index is 0.642. The van der Waals surface area contributed by atoms with Crippen molar-refractivity contribution in [3.63, 3.8) is 0 Å². The Kier molecular flexibility index (Phi) is 9.49. The highest BCUT2D eigenvalue weighted by Gasteiger charge is 2.18. The van der Waals surface area contributed by atoms with E-state index in [2.05, 4.69) is 95.4 Å². The van der Waals surface area contributed by atoms with E-state index in [1.54, 1.807) is 0 Å². The number of nitrogens with one attached hydrogen (secondary N) is 1. The summed E-state index contributed by atoms with van der Waals surface area (Å²) in [6.07, 6.45) is 17.0. The van der Waals surface area contributed by atoms with Gasteiger partial charge < -0.3 is 5.32 Å². The highest BCUT2D eigenvalue weighted by atomic mass is 15.4. The Morgan fingerprint density at radius 2 is 1.70 bits per heavy atom. The molecule has 0 radical (unpaired) electrons. The molecule has 204 valence electrons. The Bertz CT molecular complexity index is 1590. The zero-order chi connectivity index (χ0) is 27.6. The fourth-order valence-corrected chi connectivity index (χ4v) is 5.11. The number of unbranched alkanes of at least 4 members (excludes halogenated alkanes) is 2. The lowest BCUT2D eigenvalue weighted by Crippen LogP contribution is -2.25. The van der Waals surface area contributed by atoms with E-state index in [0.29, 0.717) is 6.54 Å². The van der Waals surface area contributed by atoms with E-state index in [9.17, 15) is 0 Å². The number of hydrogen-bond donors (Lipinski definition) is 1. The van der Waals surface area contributed by atoms with Gasteiger partial charge >= 0.3 is 0 Å². The van der Waals surface area contributed by atoms with Crippen LogP contribution in [0.4, 0.5) is 0 Å². The van der Waals surface area contributed by atoms with E-state index in [1.807, 2.05) is 35.9 Å². The molecule has 40 heavy (non-hydrogen) atoms. The third-order valence-electron chi connectivity index (χ3n) is 7.19. The number of aryl methyl sites for hydroxylation is 1. The van der Waals surface area contributed by atoms with Crippen molar-refractivity contribution in [2.45, 2.75) is 52.5 Å². The molecule has 0 amide bonds. The van der Waals surface area contributed by atoms with Gasteiger partial charge in [0.25, 0.3) is 0 Å². The highest BCUT2D eigenvalue weighted by Crippen LogP contribution is 2.29. The molecule has 0 saturated heterocycles. The molecule has 0 fully saturated rings. The van der Waals surface area contributed by atoms with Gasteiger partial charge in [-0.05, 0) is 85.5 Å². The van der Waals surface area contributed by atoms with Crippen LogP contribution in [-0.4, -0.2) is 33.1 Å². The number of allylic oxidation sites excluding steroid dienone is 4. The van der Waals surface area contributed by atoms with Crippen molar-refractivity contribution in [3.05, 3.63) is 112 Å². The summed E-state index contributed by atoms with van der Waals surface area (Å²) < 4.78 is 2.01. The van der Waals surface area contributed by atoms with Crippen molar-refractivity contribution in [1.29, 1.82) is 0 Å². The van der Waals surface area contributed by atoms with Crippen LogP contribution in [0.1, 0.15) is 50.3 Å². The maximum Gasteiger partial charge on any atom is 0.139 e. The Hall–Kier alpha value is -4.09. The standard InChI is InChI=1S/C35H39N5/c1-3-22-36-23-11-5-8-14-28-15-9-10-18-30-20-21-31(25-32(30)24-28)35-34(33-19-12-13-27(2)37-33)38-39-40(35)26-29-16-6-4-7-17-29/h4,6-7,9-10,12-13,15-21,24-25,36H,3,5,8,11,14,22-23,26H2,1-2H3/b10-9+,15-9?,18-10?,28-15?,28-24?,30-18+,32-24?. The van der Waals surface area contributed by atoms with Crippen molar-refractivity contribution in [1.82, 2.24) is 25.3 Å². The third kappa shape index (κ3) is 7.10.